The number of amides is 1. The van der Waals surface area contributed by atoms with Crippen LogP contribution >= 0.6 is 12.4 Å². The molecule has 3 nitrogen and oxygen atoms in total. The van der Waals surface area contributed by atoms with E-state index in [-0.39, 0.29) is 36.7 Å². The number of hydrogen-bond donors (Lipinski definition) is 1. The van der Waals surface area contributed by atoms with Crippen molar-refractivity contribution in [1.82, 2.24) is 4.90 Å². The number of carbonyl (C=O) groups is 1. The Bertz CT molecular complexity index is 668. The molecule has 0 saturated heterocycles. The van der Waals surface area contributed by atoms with Gasteiger partial charge in [-0.05, 0) is 30.0 Å². The van der Waals surface area contributed by atoms with Crippen molar-refractivity contribution in [1.29, 1.82) is 0 Å². The molecule has 0 aliphatic carbocycles. The molecule has 1 amide bonds. The van der Waals surface area contributed by atoms with Gasteiger partial charge in [-0.15, -0.1) is 12.4 Å². The van der Waals surface area contributed by atoms with Gasteiger partial charge in [0.15, 0.2) is 11.6 Å². The lowest BCUT2D eigenvalue weighted by Crippen LogP contribution is -2.37. The van der Waals surface area contributed by atoms with E-state index in [9.17, 15) is 13.6 Å². The maximum Gasteiger partial charge on any atom is 0.222 e. The van der Waals surface area contributed by atoms with Gasteiger partial charge in [-0.25, -0.2) is 8.78 Å². The predicted octanol–water partition coefficient (Wildman–Crippen LogP) is 3.35. The molecule has 0 spiro atoms. The van der Waals surface area contributed by atoms with Crippen LogP contribution in [0.1, 0.15) is 17.5 Å². The van der Waals surface area contributed by atoms with Gasteiger partial charge in [-0.1, -0.05) is 42.5 Å². The maximum atomic E-state index is 13.7. The zero-order valence-electron chi connectivity index (χ0n) is 14.0. The summed E-state index contributed by atoms with van der Waals surface area (Å²) in [6, 6.07) is 13.9. The third-order valence-corrected chi connectivity index (χ3v) is 3.90. The van der Waals surface area contributed by atoms with E-state index in [0.29, 0.717) is 19.6 Å². The first-order chi connectivity index (χ1) is 11.6. The number of hydrogen-bond acceptors (Lipinski definition) is 2. The fraction of sp³-hybridized carbons (Fsp3) is 0.316. The van der Waals surface area contributed by atoms with Gasteiger partial charge in [-0.3, -0.25) is 4.79 Å². The Balaban J connectivity index is 0.00000312. The molecule has 2 N–H and O–H groups in total. The minimum Gasteiger partial charge on any atom is -0.341 e. The molecule has 0 heterocycles. The van der Waals surface area contributed by atoms with Crippen molar-refractivity contribution in [3.8, 4) is 0 Å². The number of carbonyl (C=O) groups excluding carboxylic acids is 1. The van der Waals surface area contributed by atoms with E-state index in [1.165, 1.54) is 12.1 Å². The topological polar surface area (TPSA) is 46.3 Å². The fourth-order valence-corrected chi connectivity index (χ4v) is 2.57. The van der Waals surface area contributed by atoms with Crippen molar-refractivity contribution in [2.24, 2.45) is 5.73 Å². The van der Waals surface area contributed by atoms with Crippen LogP contribution in [0.2, 0.25) is 0 Å². The molecule has 25 heavy (non-hydrogen) atoms. The van der Waals surface area contributed by atoms with Crippen molar-refractivity contribution >= 4 is 18.3 Å². The Morgan fingerprint density at radius 2 is 1.68 bits per heavy atom. The molecule has 136 valence electrons. The zero-order chi connectivity index (χ0) is 17.4. The van der Waals surface area contributed by atoms with Crippen molar-refractivity contribution in [3.63, 3.8) is 0 Å². The van der Waals surface area contributed by atoms with Gasteiger partial charge in [0.2, 0.25) is 5.91 Å². The summed E-state index contributed by atoms with van der Waals surface area (Å²) in [6.07, 6.45) is 1.05. The summed E-state index contributed by atoms with van der Waals surface area (Å²) in [7, 11) is 0. The van der Waals surface area contributed by atoms with E-state index in [4.69, 9.17) is 5.73 Å². The van der Waals surface area contributed by atoms with E-state index >= 15 is 0 Å². The second-order valence-corrected chi connectivity index (χ2v) is 5.62. The molecule has 0 aliphatic heterocycles. The molecule has 0 saturated carbocycles. The average Bonchev–Trinajstić information content (AvgIpc) is 2.60. The van der Waals surface area contributed by atoms with Crippen LogP contribution in [0.3, 0.4) is 0 Å². The Kier molecular flexibility index (Phi) is 9.10. The number of rotatable bonds is 8. The van der Waals surface area contributed by atoms with E-state index < -0.39 is 11.6 Å². The van der Waals surface area contributed by atoms with Crippen molar-refractivity contribution < 1.29 is 13.6 Å². The summed E-state index contributed by atoms with van der Waals surface area (Å²) < 4.78 is 26.9. The lowest BCUT2D eigenvalue weighted by atomic mass is 10.1. The monoisotopic (exact) mass is 368 g/mol. The van der Waals surface area contributed by atoms with Crippen molar-refractivity contribution in [2.75, 3.05) is 19.6 Å². The van der Waals surface area contributed by atoms with E-state index in [2.05, 4.69) is 0 Å². The summed E-state index contributed by atoms with van der Waals surface area (Å²) >= 11 is 0. The summed E-state index contributed by atoms with van der Waals surface area (Å²) in [5, 5.41) is 0. The van der Waals surface area contributed by atoms with Crippen molar-refractivity contribution in [2.45, 2.75) is 19.3 Å². The maximum absolute atomic E-state index is 13.7. The highest BCUT2D eigenvalue weighted by molar-refractivity contribution is 5.85. The van der Waals surface area contributed by atoms with Crippen LogP contribution in [-0.4, -0.2) is 30.4 Å². The van der Waals surface area contributed by atoms with Crippen molar-refractivity contribution in [3.05, 3.63) is 71.3 Å². The standard InChI is InChI=1S/C19H22F2N2O.ClH/c20-17-8-4-7-16(19(17)21)9-10-18(24)23(14-12-22)13-11-15-5-2-1-3-6-15;/h1-8H,9-14,22H2;1H. The highest BCUT2D eigenvalue weighted by Gasteiger charge is 2.15. The van der Waals surface area contributed by atoms with Crippen LogP contribution in [0.4, 0.5) is 8.78 Å². The number of benzene rings is 2. The predicted molar refractivity (Wildman–Crippen MR) is 97.7 cm³/mol. The van der Waals surface area contributed by atoms with Crippen LogP contribution in [0.15, 0.2) is 48.5 Å². The Labute approximate surface area is 153 Å². The molecule has 0 aromatic heterocycles. The van der Waals surface area contributed by atoms with Crippen LogP contribution in [0.25, 0.3) is 0 Å². The van der Waals surface area contributed by atoms with E-state index in [1.807, 2.05) is 30.3 Å². The molecule has 2 aromatic carbocycles. The van der Waals surface area contributed by atoms with Gasteiger partial charge < -0.3 is 10.6 Å². The summed E-state index contributed by atoms with van der Waals surface area (Å²) in [6.45, 7) is 1.39. The Morgan fingerprint density at radius 3 is 2.36 bits per heavy atom. The molecular weight excluding hydrogens is 346 g/mol. The summed E-state index contributed by atoms with van der Waals surface area (Å²) in [5.41, 5.74) is 6.95. The van der Waals surface area contributed by atoms with Crippen LogP contribution in [0.5, 0.6) is 0 Å². The molecule has 2 rings (SSSR count). The first-order valence-corrected chi connectivity index (χ1v) is 8.06. The van der Waals surface area contributed by atoms with Crippen LogP contribution in [0, 0.1) is 11.6 Å². The number of nitrogens with two attached hydrogens (primary N) is 1. The lowest BCUT2D eigenvalue weighted by molar-refractivity contribution is -0.131. The molecule has 0 fully saturated rings. The summed E-state index contributed by atoms with van der Waals surface area (Å²) in [5.74, 6) is -1.86. The highest BCUT2D eigenvalue weighted by atomic mass is 35.5. The minimum absolute atomic E-state index is 0. The van der Waals surface area contributed by atoms with Gasteiger partial charge in [0.1, 0.15) is 0 Å². The fourth-order valence-electron chi connectivity index (χ4n) is 2.57. The third kappa shape index (κ3) is 6.44. The van der Waals surface area contributed by atoms with Crippen LogP contribution < -0.4 is 5.73 Å². The first kappa shape index (κ1) is 21.1. The molecular formula is C19H23ClF2N2O. The van der Waals surface area contributed by atoms with E-state index in [1.54, 1.807) is 4.90 Å². The minimum atomic E-state index is -0.886. The van der Waals surface area contributed by atoms with Gasteiger partial charge in [-0.2, -0.15) is 0 Å². The second kappa shape index (κ2) is 10.8. The molecule has 0 aliphatic rings. The Morgan fingerprint density at radius 1 is 0.960 bits per heavy atom. The largest absolute Gasteiger partial charge is 0.341 e. The molecule has 0 unspecified atom stereocenters. The Hall–Kier alpha value is -1.98. The smallest absolute Gasteiger partial charge is 0.222 e. The SMILES string of the molecule is Cl.NCCN(CCc1ccccc1)C(=O)CCc1cccc(F)c1F. The molecule has 0 radical (unpaired) electrons. The van der Waals surface area contributed by atoms with Gasteiger partial charge in [0.05, 0.1) is 0 Å². The highest BCUT2D eigenvalue weighted by Crippen LogP contribution is 2.14. The molecule has 0 bridgehead atoms. The van der Waals surface area contributed by atoms with Gasteiger partial charge in [0.25, 0.3) is 0 Å². The van der Waals surface area contributed by atoms with Gasteiger partial charge in [0, 0.05) is 26.1 Å². The third-order valence-electron chi connectivity index (χ3n) is 3.90. The normalized spacial score (nSPS) is 10.2. The number of aryl methyl sites for hydroxylation is 1. The van der Waals surface area contributed by atoms with Gasteiger partial charge >= 0.3 is 0 Å². The molecule has 0 atom stereocenters. The lowest BCUT2D eigenvalue weighted by Gasteiger charge is -2.22. The number of halogens is 3. The molecule has 6 heteroatoms. The zero-order valence-corrected chi connectivity index (χ0v) is 14.8. The van der Waals surface area contributed by atoms with E-state index in [0.717, 1.165) is 18.1 Å². The second-order valence-electron chi connectivity index (χ2n) is 5.62. The van der Waals surface area contributed by atoms with Crippen LogP contribution in [-0.2, 0) is 17.6 Å². The molecule has 2 aromatic rings. The number of nitrogens with zero attached hydrogens (tertiary/aromatic N) is 1. The quantitative estimate of drug-likeness (QED) is 0.776. The average molecular weight is 369 g/mol. The first-order valence-electron chi connectivity index (χ1n) is 8.06. The summed E-state index contributed by atoms with van der Waals surface area (Å²) in [4.78, 5) is 14.1.